The second-order valence-corrected chi connectivity index (χ2v) is 8.87. The summed E-state index contributed by atoms with van der Waals surface area (Å²) in [6.07, 6.45) is 3.13. The first-order valence-electron chi connectivity index (χ1n) is 7.57. The van der Waals surface area contributed by atoms with Crippen molar-refractivity contribution in [1.82, 2.24) is 0 Å². The number of ketones is 1. The largest absolute Gasteiger partial charge is 0.359 e. The average molecular weight is 266 g/mol. The van der Waals surface area contributed by atoms with Gasteiger partial charge in [0, 0.05) is 16.2 Å². The van der Waals surface area contributed by atoms with E-state index in [0.29, 0.717) is 5.78 Å². The highest BCUT2D eigenvalue weighted by Crippen LogP contribution is 2.67. The van der Waals surface area contributed by atoms with E-state index in [9.17, 15) is 4.79 Å². The van der Waals surface area contributed by atoms with Crippen molar-refractivity contribution in [3.05, 3.63) is 0 Å². The molecule has 0 aromatic rings. The van der Waals surface area contributed by atoms with Crippen molar-refractivity contribution in [1.29, 1.82) is 0 Å². The van der Waals surface area contributed by atoms with Gasteiger partial charge in [-0.25, -0.2) is 0 Å². The Labute approximate surface area is 118 Å². The van der Waals surface area contributed by atoms with Gasteiger partial charge in [0.1, 0.15) is 5.60 Å². The van der Waals surface area contributed by atoms with Crippen LogP contribution in [0.4, 0.5) is 0 Å². The van der Waals surface area contributed by atoms with E-state index in [-0.39, 0.29) is 21.8 Å². The van der Waals surface area contributed by atoms with Crippen molar-refractivity contribution >= 4 is 5.78 Å². The summed E-state index contributed by atoms with van der Waals surface area (Å²) in [5.41, 5.74) is -1.38. The molecule has 110 valence electrons. The quantitative estimate of drug-likeness (QED) is 0.651. The molecule has 19 heavy (non-hydrogen) atoms. The fraction of sp³-hybridized carbons (Fsp3) is 0.941. The zero-order valence-corrected chi connectivity index (χ0v) is 13.9. The third-order valence-electron chi connectivity index (χ3n) is 6.28. The molecule has 2 rings (SSSR count). The number of Topliss-reactive ketones (excluding diaryl/α,β-unsaturated/α-hetero) is 1. The molecule has 1 saturated heterocycles. The Kier molecular flexibility index (Phi) is 2.87. The van der Waals surface area contributed by atoms with Gasteiger partial charge in [-0.3, -0.25) is 4.79 Å². The highest BCUT2D eigenvalue weighted by molar-refractivity contribution is 5.95. The van der Waals surface area contributed by atoms with Crippen molar-refractivity contribution < 1.29 is 9.53 Å². The summed E-state index contributed by atoms with van der Waals surface area (Å²) in [5.74, 6) is 0.312. The van der Waals surface area contributed by atoms with E-state index in [1.165, 1.54) is 0 Å². The maximum Gasteiger partial charge on any atom is 0.171 e. The van der Waals surface area contributed by atoms with E-state index < -0.39 is 5.60 Å². The van der Waals surface area contributed by atoms with E-state index in [1.807, 2.05) is 0 Å². The lowest BCUT2D eigenvalue weighted by atomic mass is 9.47. The molecule has 0 N–H and O–H groups in total. The molecular weight excluding hydrogens is 236 g/mol. The predicted molar refractivity (Wildman–Crippen MR) is 78.1 cm³/mol. The fourth-order valence-corrected chi connectivity index (χ4v) is 4.38. The zero-order valence-electron chi connectivity index (χ0n) is 13.9. The van der Waals surface area contributed by atoms with Crippen LogP contribution in [0.1, 0.15) is 74.7 Å². The van der Waals surface area contributed by atoms with E-state index in [0.717, 1.165) is 19.3 Å². The molecule has 2 aliphatic rings. The standard InChI is InChI=1S/C17H30O2/c1-13(2)10-9-11-14(3,4)17(12(13)18)15(5,6)16(7,8)19-17/h9-11H2,1-8H3. The molecule has 0 radical (unpaired) electrons. The van der Waals surface area contributed by atoms with Gasteiger partial charge in [-0.1, -0.05) is 48.0 Å². The molecular formula is C17H30O2. The van der Waals surface area contributed by atoms with Gasteiger partial charge in [0.2, 0.25) is 0 Å². The van der Waals surface area contributed by atoms with Crippen LogP contribution in [0.5, 0.6) is 0 Å². The lowest BCUT2D eigenvalue weighted by Crippen LogP contribution is -2.80. The van der Waals surface area contributed by atoms with Crippen LogP contribution in [0.3, 0.4) is 0 Å². The van der Waals surface area contributed by atoms with Gasteiger partial charge in [-0.15, -0.1) is 0 Å². The molecule has 2 heteroatoms. The van der Waals surface area contributed by atoms with Crippen LogP contribution >= 0.6 is 0 Å². The van der Waals surface area contributed by atoms with Gasteiger partial charge in [0.25, 0.3) is 0 Å². The minimum absolute atomic E-state index is 0.100. The Morgan fingerprint density at radius 2 is 1.42 bits per heavy atom. The second kappa shape index (κ2) is 3.63. The van der Waals surface area contributed by atoms with Crippen LogP contribution in [0.25, 0.3) is 0 Å². The first-order chi connectivity index (χ1) is 8.32. The van der Waals surface area contributed by atoms with Crippen LogP contribution in [0.2, 0.25) is 0 Å². The van der Waals surface area contributed by atoms with E-state index >= 15 is 0 Å². The minimum atomic E-state index is -0.635. The van der Waals surface area contributed by atoms with Gasteiger partial charge in [0.05, 0.1) is 5.60 Å². The molecule has 1 aliphatic carbocycles. The summed E-state index contributed by atoms with van der Waals surface area (Å²) in [4.78, 5) is 13.3. The van der Waals surface area contributed by atoms with Crippen LogP contribution in [-0.4, -0.2) is 17.0 Å². The van der Waals surface area contributed by atoms with Gasteiger partial charge in [-0.2, -0.15) is 0 Å². The molecule has 0 amide bonds. The Bertz CT molecular complexity index is 415. The van der Waals surface area contributed by atoms with Gasteiger partial charge in [0.15, 0.2) is 5.78 Å². The number of carbonyl (C=O) groups excluding carboxylic acids is 1. The van der Waals surface area contributed by atoms with Crippen LogP contribution in [-0.2, 0) is 9.53 Å². The van der Waals surface area contributed by atoms with Gasteiger partial charge >= 0.3 is 0 Å². The predicted octanol–water partition coefficient (Wildman–Crippen LogP) is 4.37. The molecule has 2 fully saturated rings. The normalized spacial score (nSPS) is 38.6. The van der Waals surface area contributed by atoms with Crippen LogP contribution < -0.4 is 0 Å². The maximum absolute atomic E-state index is 13.3. The number of ether oxygens (including phenoxy) is 1. The zero-order chi connectivity index (χ0) is 14.9. The Morgan fingerprint density at radius 3 is 1.84 bits per heavy atom. The molecule has 0 aromatic carbocycles. The summed E-state index contributed by atoms with van der Waals surface area (Å²) in [7, 11) is 0. The van der Waals surface area contributed by atoms with Gasteiger partial charge < -0.3 is 4.74 Å². The third kappa shape index (κ3) is 1.55. The molecule has 1 unspecified atom stereocenters. The van der Waals surface area contributed by atoms with E-state index in [2.05, 4.69) is 55.4 Å². The lowest BCUT2D eigenvalue weighted by molar-refractivity contribution is -0.371. The maximum atomic E-state index is 13.3. The van der Waals surface area contributed by atoms with Crippen molar-refractivity contribution in [2.24, 2.45) is 16.2 Å². The van der Waals surface area contributed by atoms with Crippen molar-refractivity contribution in [3.63, 3.8) is 0 Å². The highest BCUT2D eigenvalue weighted by Gasteiger charge is 2.76. The summed E-state index contributed by atoms with van der Waals surface area (Å²) in [6, 6.07) is 0. The molecule has 0 aromatic heterocycles. The first-order valence-corrected chi connectivity index (χ1v) is 7.57. The number of hydrogen-bond acceptors (Lipinski definition) is 2. The SMILES string of the molecule is CC1(C)CCCC(C)(C)C2(OC(C)(C)C2(C)C)C1=O. The molecule has 2 nitrogen and oxygen atoms in total. The van der Waals surface area contributed by atoms with E-state index in [4.69, 9.17) is 4.74 Å². The number of rotatable bonds is 0. The summed E-state index contributed by atoms with van der Waals surface area (Å²) in [6.45, 7) is 17.2. The minimum Gasteiger partial charge on any atom is -0.359 e. The lowest BCUT2D eigenvalue weighted by Gasteiger charge is -2.71. The molecule has 0 bridgehead atoms. The summed E-state index contributed by atoms with van der Waals surface area (Å²) < 4.78 is 6.36. The Hall–Kier alpha value is -0.370. The average Bonchev–Trinajstić information content (AvgIpc) is 2.28. The van der Waals surface area contributed by atoms with Gasteiger partial charge in [-0.05, 0) is 26.7 Å². The first kappa shape index (κ1) is 15.0. The smallest absolute Gasteiger partial charge is 0.171 e. The molecule has 1 spiro atoms. The van der Waals surface area contributed by atoms with E-state index in [1.54, 1.807) is 0 Å². The summed E-state index contributed by atoms with van der Waals surface area (Å²) >= 11 is 0. The van der Waals surface area contributed by atoms with Crippen molar-refractivity contribution in [2.45, 2.75) is 85.9 Å². The third-order valence-corrected chi connectivity index (χ3v) is 6.28. The molecule has 1 saturated carbocycles. The van der Waals surface area contributed by atoms with Crippen molar-refractivity contribution in [3.8, 4) is 0 Å². The molecule has 1 heterocycles. The highest BCUT2D eigenvalue weighted by atomic mass is 16.6. The fourth-order valence-electron chi connectivity index (χ4n) is 4.38. The van der Waals surface area contributed by atoms with Crippen molar-refractivity contribution in [2.75, 3.05) is 0 Å². The summed E-state index contributed by atoms with van der Waals surface area (Å²) in [5, 5.41) is 0. The van der Waals surface area contributed by atoms with Crippen LogP contribution in [0.15, 0.2) is 0 Å². The topological polar surface area (TPSA) is 26.3 Å². The second-order valence-electron chi connectivity index (χ2n) is 8.87. The number of hydrogen-bond donors (Lipinski definition) is 0. The van der Waals surface area contributed by atoms with Crippen LogP contribution in [0, 0.1) is 16.2 Å². The Balaban J connectivity index is 2.60. The number of carbonyl (C=O) groups is 1. The Morgan fingerprint density at radius 1 is 0.895 bits per heavy atom. The molecule has 1 atom stereocenters. The monoisotopic (exact) mass is 266 g/mol. The molecule has 1 aliphatic heterocycles.